The molecule has 0 spiro atoms. The third-order valence-electron chi connectivity index (χ3n) is 7.31. The number of ether oxygens (including phenoxy) is 1. The molecule has 1 nitrogen and oxygen atoms in total. The van der Waals surface area contributed by atoms with E-state index >= 15 is 0 Å². The van der Waals surface area contributed by atoms with Gasteiger partial charge in [0.1, 0.15) is 5.75 Å². The van der Waals surface area contributed by atoms with Gasteiger partial charge < -0.3 is 4.74 Å². The lowest BCUT2D eigenvalue weighted by molar-refractivity contribution is -0.0498. The third-order valence-corrected chi connectivity index (χ3v) is 7.31. The highest BCUT2D eigenvalue weighted by molar-refractivity contribution is 5.29. The largest absolute Gasteiger partial charge is 0.435 e. The predicted octanol–water partition coefficient (Wildman–Crippen LogP) is 8.11. The first-order valence-corrected chi connectivity index (χ1v) is 11.3. The van der Waals surface area contributed by atoms with Gasteiger partial charge in [-0.1, -0.05) is 44.1 Å². The summed E-state index contributed by atoms with van der Waals surface area (Å²) in [5.74, 6) is 3.57. The van der Waals surface area contributed by atoms with Crippen LogP contribution in [0.2, 0.25) is 0 Å². The van der Waals surface area contributed by atoms with Gasteiger partial charge in [0.15, 0.2) is 0 Å². The number of halogens is 2. The molecule has 0 heterocycles. The van der Waals surface area contributed by atoms with Crippen molar-refractivity contribution in [2.75, 3.05) is 0 Å². The fraction of sp³-hybridized carbons (Fsp3) is 0.680. The van der Waals surface area contributed by atoms with Gasteiger partial charge >= 0.3 is 6.61 Å². The Morgan fingerprint density at radius 1 is 0.964 bits per heavy atom. The maximum atomic E-state index is 12.3. The van der Waals surface area contributed by atoms with Crippen LogP contribution in [0.15, 0.2) is 36.4 Å². The standard InChI is InChI=1S/C25H36F2O/c1-3-18(2)4-5-19-6-8-20(9-7-19)21-10-12-22(13-11-21)23-14-16-24(17-15-23)28-25(26)27/h14-17,19-22,25H,2-13H2,1H3. The van der Waals surface area contributed by atoms with E-state index in [4.69, 9.17) is 0 Å². The van der Waals surface area contributed by atoms with Gasteiger partial charge in [0.2, 0.25) is 0 Å². The van der Waals surface area contributed by atoms with E-state index in [1.54, 1.807) is 12.1 Å². The molecule has 0 N–H and O–H groups in total. The summed E-state index contributed by atoms with van der Waals surface area (Å²) in [5.41, 5.74) is 2.69. The lowest BCUT2D eigenvalue weighted by atomic mass is 9.68. The minimum atomic E-state index is -2.75. The summed E-state index contributed by atoms with van der Waals surface area (Å²) in [6, 6.07) is 7.31. The molecule has 0 saturated heterocycles. The van der Waals surface area contributed by atoms with Gasteiger partial charge in [-0.05, 0) is 99.2 Å². The predicted molar refractivity (Wildman–Crippen MR) is 112 cm³/mol. The van der Waals surface area contributed by atoms with Crippen molar-refractivity contribution in [2.45, 2.75) is 90.1 Å². The van der Waals surface area contributed by atoms with Crippen LogP contribution >= 0.6 is 0 Å². The second-order valence-electron chi connectivity index (χ2n) is 8.98. The molecule has 1 aromatic rings. The molecule has 0 bridgehead atoms. The average Bonchev–Trinajstić information content (AvgIpc) is 2.72. The van der Waals surface area contributed by atoms with Crippen molar-refractivity contribution in [3.63, 3.8) is 0 Å². The number of hydrogen-bond acceptors (Lipinski definition) is 1. The van der Waals surface area contributed by atoms with Crippen LogP contribution in [0, 0.1) is 17.8 Å². The minimum absolute atomic E-state index is 0.256. The maximum absolute atomic E-state index is 12.3. The molecule has 0 radical (unpaired) electrons. The van der Waals surface area contributed by atoms with Gasteiger partial charge in [-0.15, -0.1) is 0 Å². The Kier molecular flexibility index (Phi) is 7.93. The molecule has 28 heavy (non-hydrogen) atoms. The molecule has 0 aliphatic heterocycles. The zero-order chi connectivity index (χ0) is 19.9. The summed E-state index contributed by atoms with van der Waals surface area (Å²) in [7, 11) is 0. The molecule has 1 aromatic carbocycles. The molecule has 0 atom stereocenters. The van der Waals surface area contributed by atoms with Crippen molar-refractivity contribution < 1.29 is 13.5 Å². The Morgan fingerprint density at radius 2 is 1.54 bits per heavy atom. The third kappa shape index (κ3) is 6.06. The molecule has 156 valence electrons. The lowest BCUT2D eigenvalue weighted by Crippen LogP contribution is -2.25. The smallest absolute Gasteiger partial charge is 0.387 e. The fourth-order valence-corrected chi connectivity index (χ4v) is 5.38. The summed E-state index contributed by atoms with van der Waals surface area (Å²) in [5, 5.41) is 0. The zero-order valence-corrected chi connectivity index (χ0v) is 17.3. The molecular weight excluding hydrogens is 354 g/mol. The second-order valence-corrected chi connectivity index (χ2v) is 8.98. The number of rotatable bonds is 8. The molecule has 2 aliphatic carbocycles. The molecular formula is C25H36F2O. The topological polar surface area (TPSA) is 9.23 Å². The van der Waals surface area contributed by atoms with Crippen molar-refractivity contribution >= 4 is 0 Å². The van der Waals surface area contributed by atoms with Crippen LogP contribution in [0.1, 0.15) is 89.0 Å². The molecule has 2 saturated carbocycles. The fourth-order valence-electron chi connectivity index (χ4n) is 5.38. The highest BCUT2D eigenvalue weighted by Gasteiger charge is 2.31. The molecule has 2 fully saturated rings. The lowest BCUT2D eigenvalue weighted by Gasteiger charge is -2.38. The Balaban J connectivity index is 1.40. The minimum Gasteiger partial charge on any atom is -0.435 e. The van der Waals surface area contributed by atoms with Gasteiger partial charge in [-0.25, -0.2) is 0 Å². The summed E-state index contributed by atoms with van der Waals surface area (Å²) in [6.07, 6.45) is 14.4. The van der Waals surface area contributed by atoms with Gasteiger partial charge in [0.25, 0.3) is 0 Å². The number of alkyl halides is 2. The van der Waals surface area contributed by atoms with Crippen LogP contribution in [0.3, 0.4) is 0 Å². The first-order chi connectivity index (χ1) is 13.5. The first kappa shape index (κ1) is 21.3. The van der Waals surface area contributed by atoms with Crippen LogP contribution in [0.5, 0.6) is 5.75 Å². The number of allylic oxidation sites excluding steroid dienone is 1. The Hall–Kier alpha value is -1.38. The normalized spacial score (nSPS) is 28.3. The van der Waals surface area contributed by atoms with E-state index < -0.39 is 6.61 Å². The zero-order valence-electron chi connectivity index (χ0n) is 17.3. The summed E-state index contributed by atoms with van der Waals surface area (Å²) >= 11 is 0. The Labute approximate surface area is 169 Å². The van der Waals surface area contributed by atoms with E-state index in [9.17, 15) is 8.78 Å². The molecule has 3 rings (SSSR count). The van der Waals surface area contributed by atoms with Crippen LogP contribution in [0.4, 0.5) is 8.78 Å². The SMILES string of the molecule is C=C(CC)CCC1CCC(C2CCC(c3ccc(OC(F)F)cc3)CC2)CC1. The summed E-state index contributed by atoms with van der Waals surface area (Å²) in [6.45, 7) is 3.62. The first-order valence-electron chi connectivity index (χ1n) is 11.3. The van der Waals surface area contributed by atoms with E-state index in [-0.39, 0.29) is 5.75 Å². The molecule has 0 unspecified atom stereocenters. The molecule has 0 aromatic heterocycles. The summed E-state index contributed by atoms with van der Waals surface area (Å²) in [4.78, 5) is 0. The van der Waals surface area contributed by atoms with E-state index in [1.807, 2.05) is 12.1 Å². The van der Waals surface area contributed by atoms with Crippen LogP contribution < -0.4 is 4.74 Å². The number of hydrogen-bond donors (Lipinski definition) is 0. The van der Waals surface area contributed by atoms with Crippen molar-refractivity contribution in [3.05, 3.63) is 42.0 Å². The average molecular weight is 391 g/mol. The monoisotopic (exact) mass is 390 g/mol. The van der Waals surface area contributed by atoms with Crippen molar-refractivity contribution in [3.8, 4) is 5.75 Å². The van der Waals surface area contributed by atoms with E-state index in [0.29, 0.717) is 5.92 Å². The van der Waals surface area contributed by atoms with Crippen LogP contribution in [-0.2, 0) is 0 Å². The molecule has 3 heteroatoms. The second kappa shape index (κ2) is 10.4. The van der Waals surface area contributed by atoms with Crippen molar-refractivity contribution in [2.24, 2.45) is 17.8 Å². The Morgan fingerprint density at radius 3 is 2.07 bits per heavy atom. The highest BCUT2D eigenvalue weighted by Crippen LogP contribution is 2.44. The van der Waals surface area contributed by atoms with Gasteiger partial charge in [-0.2, -0.15) is 8.78 Å². The van der Waals surface area contributed by atoms with E-state index in [2.05, 4.69) is 18.2 Å². The molecule has 0 amide bonds. The molecule has 2 aliphatic rings. The van der Waals surface area contributed by atoms with Crippen molar-refractivity contribution in [1.29, 1.82) is 0 Å². The summed E-state index contributed by atoms with van der Waals surface area (Å²) < 4.78 is 29.0. The van der Waals surface area contributed by atoms with E-state index in [1.165, 1.54) is 75.3 Å². The van der Waals surface area contributed by atoms with Gasteiger partial charge in [0, 0.05) is 0 Å². The van der Waals surface area contributed by atoms with Crippen LogP contribution in [0.25, 0.3) is 0 Å². The number of benzene rings is 1. The highest BCUT2D eigenvalue weighted by atomic mass is 19.3. The van der Waals surface area contributed by atoms with Gasteiger partial charge in [-0.3, -0.25) is 0 Å². The van der Waals surface area contributed by atoms with E-state index in [0.717, 1.165) is 24.2 Å². The quantitative estimate of drug-likeness (QED) is 0.407. The van der Waals surface area contributed by atoms with Crippen molar-refractivity contribution in [1.82, 2.24) is 0 Å². The Bertz CT molecular complexity index is 593. The maximum Gasteiger partial charge on any atom is 0.387 e. The van der Waals surface area contributed by atoms with Crippen LogP contribution in [-0.4, -0.2) is 6.61 Å². The van der Waals surface area contributed by atoms with Gasteiger partial charge in [0.05, 0.1) is 0 Å².